The average molecular weight is 197 g/mol. The highest BCUT2D eigenvalue weighted by atomic mass is 15.0. The third-order valence-electron chi connectivity index (χ3n) is 3.29. The molecule has 3 rings (SSSR count). The first-order valence-corrected chi connectivity index (χ1v) is 5.20. The van der Waals surface area contributed by atoms with Crippen molar-refractivity contribution >= 4 is 5.52 Å². The number of pyridine rings is 1. The second-order valence-corrected chi connectivity index (χ2v) is 4.12. The summed E-state index contributed by atoms with van der Waals surface area (Å²) in [5.74, 6) is 0.909. The first-order valence-electron chi connectivity index (χ1n) is 5.20. The maximum atomic E-state index is 9.26. The first kappa shape index (κ1) is 8.49. The molecule has 1 aliphatic rings. The van der Waals surface area contributed by atoms with E-state index in [0.29, 0.717) is 0 Å². The van der Waals surface area contributed by atoms with Gasteiger partial charge in [-0.3, -0.25) is 0 Å². The molecule has 0 aliphatic heterocycles. The summed E-state index contributed by atoms with van der Waals surface area (Å²) in [6.45, 7) is 0. The third kappa shape index (κ3) is 1.02. The molecule has 0 aromatic carbocycles. The van der Waals surface area contributed by atoms with Gasteiger partial charge in [-0.25, -0.2) is 4.98 Å². The Balaban J connectivity index is 2.24. The minimum atomic E-state index is -0.326. The molecule has 0 unspecified atom stereocenters. The van der Waals surface area contributed by atoms with Crippen LogP contribution >= 0.6 is 0 Å². The van der Waals surface area contributed by atoms with Gasteiger partial charge in [-0.15, -0.1) is 0 Å². The first-order chi connectivity index (χ1) is 7.36. The lowest BCUT2D eigenvalue weighted by Crippen LogP contribution is -2.34. The summed E-state index contributed by atoms with van der Waals surface area (Å²) >= 11 is 0. The van der Waals surface area contributed by atoms with E-state index < -0.39 is 0 Å². The van der Waals surface area contributed by atoms with Crippen molar-refractivity contribution in [3.8, 4) is 6.07 Å². The lowest BCUT2D eigenvalue weighted by atomic mass is 9.69. The lowest BCUT2D eigenvalue weighted by Gasteiger charge is -2.33. The number of rotatable bonds is 1. The van der Waals surface area contributed by atoms with Crippen LogP contribution < -0.4 is 0 Å². The van der Waals surface area contributed by atoms with Gasteiger partial charge in [-0.2, -0.15) is 5.26 Å². The fourth-order valence-corrected chi connectivity index (χ4v) is 2.21. The van der Waals surface area contributed by atoms with Crippen LogP contribution in [0.4, 0.5) is 0 Å². The van der Waals surface area contributed by atoms with Gasteiger partial charge in [0.05, 0.1) is 17.8 Å². The molecule has 0 bridgehead atoms. The Morgan fingerprint density at radius 2 is 2.27 bits per heavy atom. The molecule has 0 saturated heterocycles. The smallest absolute Gasteiger partial charge is 0.133 e. The summed E-state index contributed by atoms with van der Waals surface area (Å²) in [4.78, 5) is 4.40. The van der Waals surface area contributed by atoms with Gasteiger partial charge in [0.25, 0.3) is 0 Å². The summed E-state index contributed by atoms with van der Waals surface area (Å²) in [5, 5.41) is 9.26. The van der Waals surface area contributed by atoms with Crippen molar-refractivity contribution in [2.75, 3.05) is 0 Å². The fraction of sp³-hybridized carbons (Fsp3) is 0.333. The van der Waals surface area contributed by atoms with Crippen LogP contribution in [0.5, 0.6) is 0 Å². The highest BCUT2D eigenvalue weighted by Crippen LogP contribution is 2.42. The quantitative estimate of drug-likeness (QED) is 0.703. The number of hydrogen-bond acceptors (Lipinski definition) is 2. The van der Waals surface area contributed by atoms with Crippen LogP contribution in [0.3, 0.4) is 0 Å². The summed E-state index contributed by atoms with van der Waals surface area (Å²) in [6, 6.07) is 8.40. The molecule has 1 fully saturated rings. The Labute approximate surface area is 88.0 Å². The molecule has 0 radical (unpaired) electrons. The summed E-state index contributed by atoms with van der Waals surface area (Å²) in [6.07, 6.45) is 6.84. The lowest BCUT2D eigenvalue weighted by molar-refractivity contribution is 0.306. The molecular formula is C12H11N3. The van der Waals surface area contributed by atoms with E-state index >= 15 is 0 Å². The molecule has 15 heavy (non-hydrogen) atoms. The maximum Gasteiger partial charge on any atom is 0.133 e. The highest BCUT2D eigenvalue weighted by molar-refractivity contribution is 5.47. The molecule has 2 heterocycles. The zero-order valence-electron chi connectivity index (χ0n) is 8.35. The van der Waals surface area contributed by atoms with Crippen LogP contribution in [0.2, 0.25) is 0 Å². The molecule has 1 aliphatic carbocycles. The van der Waals surface area contributed by atoms with Crippen LogP contribution in [-0.4, -0.2) is 9.38 Å². The monoisotopic (exact) mass is 197 g/mol. The second-order valence-electron chi connectivity index (χ2n) is 4.12. The summed E-state index contributed by atoms with van der Waals surface area (Å²) < 4.78 is 2.03. The van der Waals surface area contributed by atoms with E-state index in [-0.39, 0.29) is 5.41 Å². The van der Waals surface area contributed by atoms with Gasteiger partial charge in [-0.05, 0) is 31.4 Å². The van der Waals surface area contributed by atoms with Gasteiger partial charge in [0.2, 0.25) is 0 Å². The van der Waals surface area contributed by atoms with Crippen LogP contribution in [0.25, 0.3) is 5.52 Å². The standard InChI is InChI=1S/C12H11N3/c13-9-12(5-3-6-12)11-14-8-10-4-1-2-7-15(10)11/h1-2,4,7-8H,3,5-6H2. The van der Waals surface area contributed by atoms with Gasteiger partial charge < -0.3 is 4.40 Å². The number of imidazole rings is 1. The van der Waals surface area contributed by atoms with Gasteiger partial charge in [-0.1, -0.05) is 6.07 Å². The number of nitrogens with zero attached hydrogens (tertiary/aromatic N) is 3. The van der Waals surface area contributed by atoms with E-state index in [0.717, 1.165) is 30.6 Å². The van der Waals surface area contributed by atoms with Gasteiger partial charge in [0.15, 0.2) is 0 Å². The number of hydrogen-bond donors (Lipinski definition) is 0. The largest absolute Gasteiger partial charge is 0.302 e. The Morgan fingerprint density at radius 3 is 2.93 bits per heavy atom. The zero-order valence-corrected chi connectivity index (χ0v) is 8.35. The minimum Gasteiger partial charge on any atom is -0.302 e. The van der Waals surface area contributed by atoms with E-state index in [1.165, 1.54) is 0 Å². The van der Waals surface area contributed by atoms with Crippen LogP contribution in [-0.2, 0) is 5.41 Å². The Bertz CT molecular complexity index is 543. The van der Waals surface area contributed by atoms with Gasteiger partial charge >= 0.3 is 0 Å². The SMILES string of the molecule is N#CC1(c2ncc3ccccn23)CCC1. The van der Waals surface area contributed by atoms with E-state index in [1.807, 2.05) is 35.0 Å². The van der Waals surface area contributed by atoms with E-state index in [1.54, 1.807) is 0 Å². The van der Waals surface area contributed by atoms with Gasteiger partial charge in [0.1, 0.15) is 11.2 Å². The minimum absolute atomic E-state index is 0.326. The van der Waals surface area contributed by atoms with Crippen molar-refractivity contribution in [3.05, 3.63) is 36.4 Å². The molecule has 0 N–H and O–H groups in total. The predicted octanol–water partition coefficient (Wildman–Crippen LogP) is 2.28. The van der Waals surface area contributed by atoms with Crippen molar-refractivity contribution in [3.63, 3.8) is 0 Å². The molecule has 0 atom stereocenters. The number of nitriles is 1. The molecule has 74 valence electrons. The van der Waals surface area contributed by atoms with Crippen molar-refractivity contribution in [2.24, 2.45) is 0 Å². The molecular weight excluding hydrogens is 186 g/mol. The number of fused-ring (bicyclic) bond motifs is 1. The van der Waals surface area contributed by atoms with Gasteiger partial charge in [0, 0.05) is 6.20 Å². The molecule has 0 amide bonds. The predicted molar refractivity (Wildman–Crippen MR) is 56.3 cm³/mol. The summed E-state index contributed by atoms with van der Waals surface area (Å²) in [7, 11) is 0. The molecule has 0 spiro atoms. The van der Waals surface area contributed by atoms with E-state index in [9.17, 15) is 5.26 Å². The highest BCUT2D eigenvalue weighted by Gasteiger charge is 2.42. The molecule has 3 heteroatoms. The Morgan fingerprint density at radius 1 is 1.40 bits per heavy atom. The molecule has 2 aromatic heterocycles. The summed E-state index contributed by atoms with van der Waals surface area (Å²) in [5.41, 5.74) is 0.738. The molecule has 3 nitrogen and oxygen atoms in total. The third-order valence-corrected chi connectivity index (χ3v) is 3.29. The van der Waals surface area contributed by atoms with Crippen molar-refractivity contribution in [1.29, 1.82) is 5.26 Å². The van der Waals surface area contributed by atoms with Crippen LogP contribution in [0.15, 0.2) is 30.6 Å². The number of aromatic nitrogens is 2. The van der Waals surface area contributed by atoms with Crippen molar-refractivity contribution in [2.45, 2.75) is 24.7 Å². The fourth-order valence-electron chi connectivity index (χ4n) is 2.21. The maximum absolute atomic E-state index is 9.26. The zero-order chi connectivity index (χ0) is 10.3. The molecule has 1 saturated carbocycles. The topological polar surface area (TPSA) is 41.1 Å². The second kappa shape index (κ2) is 2.83. The van der Waals surface area contributed by atoms with Crippen LogP contribution in [0.1, 0.15) is 25.1 Å². The van der Waals surface area contributed by atoms with Crippen molar-refractivity contribution < 1.29 is 0 Å². The average Bonchev–Trinajstić information content (AvgIpc) is 2.62. The van der Waals surface area contributed by atoms with Crippen LogP contribution in [0, 0.1) is 11.3 Å². The van der Waals surface area contributed by atoms with E-state index in [4.69, 9.17) is 0 Å². The normalized spacial score (nSPS) is 18.3. The molecule has 2 aromatic rings. The van der Waals surface area contributed by atoms with Crippen molar-refractivity contribution in [1.82, 2.24) is 9.38 Å². The van der Waals surface area contributed by atoms with E-state index in [2.05, 4.69) is 11.1 Å². The Hall–Kier alpha value is -1.82. The Kier molecular flexibility index (Phi) is 1.60.